The van der Waals surface area contributed by atoms with Gasteiger partial charge >= 0.3 is 5.97 Å². The molecule has 116 valence electrons. The van der Waals surface area contributed by atoms with Crippen LogP contribution in [0.25, 0.3) is 0 Å². The van der Waals surface area contributed by atoms with Crippen LogP contribution in [0.5, 0.6) is 5.75 Å². The molecular formula is C18H21NO3. The molecule has 3 N–H and O–H groups in total. The number of nitrogens with two attached hydrogens (primary N) is 1. The fourth-order valence-electron chi connectivity index (χ4n) is 2.29. The van der Waals surface area contributed by atoms with Crippen molar-refractivity contribution in [2.75, 3.05) is 5.73 Å². The van der Waals surface area contributed by atoms with Gasteiger partial charge in [0.05, 0.1) is 12.0 Å². The lowest BCUT2D eigenvalue weighted by Gasteiger charge is -2.14. The average molecular weight is 299 g/mol. The number of aliphatic carboxylic acids is 1. The number of rotatable bonds is 6. The van der Waals surface area contributed by atoms with E-state index in [1.54, 1.807) is 24.3 Å². The average Bonchev–Trinajstić information content (AvgIpc) is 2.47. The highest BCUT2D eigenvalue weighted by Crippen LogP contribution is 2.24. The van der Waals surface area contributed by atoms with E-state index in [1.165, 1.54) is 0 Å². The predicted molar refractivity (Wildman–Crippen MR) is 87.1 cm³/mol. The lowest BCUT2D eigenvalue weighted by molar-refractivity contribution is -0.138. The summed E-state index contributed by atoms with van der Waals surface area (Å²) >= 11 is 0. The number of benzene rings is 2. The summed E-state index contributed by atoms with van der Waals surface area (Å²) in [6, 6.07) is 14.6. The summed E-state index contributed by atoms with van der Waals surface area (Å²) in [5, 5.41) is 9.47. The van der Waals surface area contributed by atoms with Crippen molar-refractivity contribution in [2.45, 2.75) is 32.3 Å². The van der Waals surface area contributed by atoms with Gasteiger partial charge in [-0.3, -0.25) is 4.79 Å². The van der Waals surface area contributed by atoms with Crippen LogP contribution in [0.3, 0.4) is 0 Å². The van der Waals surface area contributed by atoms with Crippen LogP contribution >= 0.6 is 0 Å². The maximum absolute atomic E-state index is 11.5. The van der Waals surface area contributed by atoms with Crippen molar-refractivity contribution in [3.63, 3.8) is 0 Å². The normalized spacial score (nSPS) is 12.1. The number of carboxylic acids is 1. The topological polar surface area (TPSA) is 72.5 Å². The van der Waals surface area contributed by atoms with Gasteiger partial charge in [0.1, 0.15) is 5.75 Å². The molecule has 0 fully saturated rings. The minimum atomic E-state index is -0.840. The van der Waals surface area contributed by atoms with E-state index < -0.39 is 11.9 Å². The zero-order chi connectivity index (χ0) is 16.1. The largest absolute Gasteiger partial charge is 0.491 e. The highest BCUT2D eigenvalue weighted by Gasteiger charge is 2.20. The van der Waals surface area contributed by atoms with E-state index in [-0.39, 0.29) is 6.10 Å². The van der Waals surface area contributed by atoms with E-state index >= 15 is 0 Å². The molecule has 4 heteroatoms. The number of anilines is 1. The number of hydrogen-bond acceptors (Lipinski definition) is 3. The van der Waals surface area contributed by atoms with E-state index in [1.807, 2.05) is 38.1 Å². The van der Waals surface area contributed by atoms with Crippen molar-refractivity contribution in [3.8, 4) is 5.75 Å². The number of carboxylic acid groups (broad SMARTS) is 1. The number of nitrogen functional groups attached to an aromatic ring is 1. The van der Waals surface area contributed by atoms with Crippen LogP contribution in [-0.4, -0.2) is 17.2 Å². The van der Waals surface area contributed by atoms with Crippen molar-refractivity contribution >= 4 is 11.7 Å². The van der Waals surface area contributed by atoms with Crippen LogP contribution in [0.15, 0.2) is 48.5 Å². The monoisotopic (exact) mass is 299 g/mol. The summed E-state index contributed by atoms with van der Waals surface area (Å²) in [5.41, 5.74) is 7.99. The fraction of sp³-hybridized carbons (Fsp3) is 0.278. The van der Waals surface area contributed by atoms with Gasteiger partial charge in [-0.25, -0.2) is 0 Å². The smallest absolute Gasteiger partial charge is 0.311 e. The highest BCUT2D eigenvalue weighted by atomic mass is 16.5. The second kappa shape index (κ2) is 6.98. The summed E-state index contributed by atoms with van der Waals surface area (Å²) in [4.78, 5) is 11.5. The van der Waals surface area contributed by atoms with Crippen molar-refractivity contribution in [3.05, 3.63) is 59.7 Å². The summed E-state index contributed by atoms with van der Waals surface area (Å²) < 4.78 is 5.59. The Labute approximate surface area is 130 Å². The van der Waals surface area contributed by atoms with E-state index in [0.29, 0.717) is 12.1 Å². The Morgan fingerprint density at radius 2 is 1.68 bits per heavy atom. The molecule has 0 bridgehead atoms. The Morgan fingerprint density at radius 1 is 1.09 bits per heavy atom. The molecule has 0 saturated carbocycles. The predicted octanol–water partition coefficient (Wildman–Crippen LogP) is 3.47. The molecule has 2 aromatic carbocycles. The first-order valence-corrected chi connectivity index (χ1v) is 7.29. The van der Waals surface area contributed by atoms with Crippen LogP contribution in [0.2, 0.25) is 0 Å². The lowest BCUT2D eigenvalue weighted by Crippen LogP contribution is -2.14. The number of carbonyl (C=O) groups is 1. The molecule has 0 radical (unpaired) electrons. The minimum Gasteiger partial charge on any atom is -0.491 e. The minimum absolute atomic E-state index is 0.118. The van der Waals surface area contributed by atoms with Gasteiger partial charge in [-0.15, -0.1) is 0 Å². The third kappa shape index (κ3) is 4.25. The highest BCUT2D eigenvalue weighted by molar-refractivity contribution is 5.76. The Kier molecular flexibility index (Phi) is 5.04. The van der Waals surface area contributed by atoms with Crippen molar-refractivity contribution in [2.24, 2.45) is 0 Å². The van der Waals surface area contributed by atoms with Crippen molar-refractivity contribution < 1.29 is 14.6 Å². The van der Waals surface area contributed by atoms with Gasteiger partial charge in [0.15, 0.2) is 0 Å². The van der Waals surface area contributed by atoms with Crippen LogP contribution in [0.1, 0.15) is 30.9 Å². The van der Waals surface area contributed by atoms with E-state index in [4.69, 9.17) is 10.5 Å². The zero-order valence-corrected chi connectivity index (χ0v) is 12.8. The number of hydrogen-bond donors (Lipinski definition) is 2. The molecule has 0 saturated heterocycles. The number of ether oxygens (including phenoxy) is 1. The first kappa shape index (κ1) is 15.9. The van der Waals surface area contributed by atoms with Crippen LogP contribution in [0.4, 0.5) is 5.69 Å². The Balaban J connectivity index is 2.14. The van der Waals surface area contributed by atoms with Gasteiger partial charge in [-0.05, 0) is 55.7 Å². The molecule has 0 aromatic heterocycles. The molecule has 22 heavy (non-hydrogen) atoms. The molecule has 0 aliphatic rings. The first-order valence-electron chi connectivity index (χ1n) is 7.29. The second-order valence-corrected chi connectivity index (χ2v) is 5.57. The summed E-state index contributed by atoms with van der Waals surface area (Å²) in [7, 11) is 0. The van der Waals surface area contributed by atoms with Gasteiger partial charge in [0.2, 0.25) is 0 Å². The van der Waals surface area contributed by atoms with Crippen LogP contribution in [-0.2, 0) is 11.2 Å². The fourth-order valence-corrected chi connectivity index (χ4v) is 2.29. The lowest BCUT2D eigenvalue weighted by atomic mass is 9.92. The Morgan fingerprint density at radius 3 is 2.18 bits per heavy atom. The SMILES string of the molecule is CC(C)Oc1ccc(CC(C(=O)O)c2ccc(N)cc2)cc1. The quantitative estimate of drug-likeness (QED) is 0.801. The molecule has 2 aromatic rings. The van der Waals surface area contributed by atoms with Gasteiger partial charge in [0.25, 0.3) is 0 Å². The second-order valence-electron chi connectivity index (χ2n) is 5.57. The summed E-state index contributed by atoms with van der Waals surface area (Å²) in [6.07, 6.45) is 0.550. The first-order chi connectivity index (χ1) is 10.5. The van der Waals surface area contributed by atoms with E-state index in [0.717, 1.165) is 16.9 Å². The molecule has 0 heterocycles. The van der Waals surface area contributed by atoms with Crippen molar-refractivity contribution in [1.82, 2.24) is 0 Å². The Bertz CT molecular complexity index is 618. The molecule has 1 unspecified atom stereocenters. The van der Waals surface area contributed by atoms with E-state index in [9.17, 15) is 9.90 Å². The maximum atomic E-state index is 11.5. The molecule has 0 aliphatic carbocycles. The molecule has 1 atom stereocenters. The van der Waals surface area contributed by atoms with Gasteiger partial charge < -0.3 is 15.6 Å². The third-order valence-corrected chi connectivity index (χ3v) is 3.37. The summed E-state index contributed by atoms with van der Waals surface area (Å²) in [5.74, 6) is -0.636. The summed E-state index contributed by atoms with van der Waals surface area (Å²) in [6.45, 7) is 3.94. The molecule has 4 nitrogen and oxygen atoms in total. The molecule has 0 amide bonds. The van der Waals surface area contributed by atoms with E-state index in [2.05, 4.69) is 0 Å². The Hall–Kier alpha value is -2.49. The van der Waals surface area contributed by atoms with Gasteiger partial charge in [-0.2, -0.15) is 0 Å². The molecular weight excluding hydrogens is 278 g/mol. The standard InChI is InChI=1S/C18H21NO3/c1-12(2)22-16-9-3-13(4-10-16)11-17(18(20)21)14-5-7-15(19)8-6-14/h3-10,12,17H,11,19H2,1-2H3,(H,20,21). The van der Waals surface area contributed by atoms with Crippen LogP contribution < -0.4 is 10.5 Å². The van der Waals surface area contributed by atoms with Crippen LogP contribution in [0, 0.1) is 0 Å². The van der Waals surface area contributed by atoms with Crippen molar-refractivity contribution in [1.29, 1.82) is 0 Å². The molecule has 0 aliphatic heterocycles. The maximum Gasteiger partial charge on any atom is 0.311 e. The zero-order valence-electron chi connectivity index (χ0n) is 12.8. The van der Waals surface area contributed by atoms with Gasteiger partial charge in [-0.1, -0.05) is 24.3 Å². The molecule has 2 rings (SSSR count). The molecule has 0 spiro atoms. The van der Waals surface area contributed by atoms with Gasteiger partial charge in [0, 0.05) is 5.69 Å². The third-order valence-electron chi connectivity index (χ3n) is 3.37.